The number of carbonyl (C=O) groups excluding carboxylic acids is 1. The molecule has 3 aromatic rings. The van der Waals surface area contributed by atoms with Crippen molar-refractivity contribution in [3.05, 3.63) is 72.3 Å². The molecule has 7 heteroatoms. The van der Waals surface area contributed by atoms with Crippen LogP contribution >= 0.6 is 0 Å². The molecule has 0 aromatic heterocycles. The number of carbonyl (C=O) groups is 1. The molecule has 28 heavy (non-hydrogen) atoms. The van der Waals surface area contributed by atoms with E-state index >= 15 is 0 Å². The van der Waals surface area contributed by atoms with E-state index in [-0.39, 0.29) is 4.90 Å². The highest BCUT2D eigenvalue weighted by atomic mass is 32.2. The van der Waals surface area contributed by atoms with Crippen molar-refractivity contribution >= 4 is 32.6 Å². The van der Waals surface area contributed by atoms with Crippen LogP contribution in [-0.4, -0.2) is 27.7 Å². The van der Waals surface area contributed by atoms with Crippen LogP contribution in [0.1, 0.15) is 18.5 Å². The number of hydrogen-bond acceptors (Lipinski definition) is 4. The molecule has 0 spiro atoms. The Morgan fingerprint density at radius 2 is 1.71 bits per heavy atom. The molecule has 0 aliphatic carbocycles. The number of anilines is 1. The van der Waals surface area contributed by atoms with Gasteiger partial charge in [-0.1, -0.05) is 42.5 Å². The summed E-state index contributed by atoms with van der Waals surface area (Å²) in [6.45, 7) is 2.62. The Labute approximate surface area is 163 Å². The average molecular weight is 396 g/mol. The van der Waals surface area contributed by atoms with Crippen LogP contribution < -0.4 is 9.62 Å². The number of nitrogens with one attached hydrogen (secondary N) is 1. The number of benzene rings is 3. The number of sulfonamides is 1. The Bertz CT molecular complexity index is 1120. The van der Waals surface area contributed by atoms with Crippen LogP contribution in [0.5, 0.6) is 0 Å². The number of cyclic esters (lactones) is 1. The highest BCUT2D eigenvalue weighted by Gasteiger charge is 2.25. The standard InChI is InChI=1S/C21H20N2O4S/c1-15(19-8-4-6-16-5-2-3-7-20(16)19)22-28(25,26)18-11-9-17(10-12-18)23-13-14-27-21(23)24/h2-12,15,22H,13-14H2,1H3. The van der Waals surface area contributed by atoms with E-state index in [1.807, 2.05) is 49.4 Å². The summed E-state index contributed by atoms with van der Waals surface area (Å²) in [5, 5.41) is 2.08. The first-order valence-electron chi connectivity index (χ1n) is 9.00. The predicted octanol–water partition coefficient (Wildman–Crippen LogP) is 3.84. The van der Waals surface area contributed by atoms with E-state index in [0.717, 1.165) is 16.3 Å². The van der Waals surface area contributed by atoms with Gasteiger partial charge in [0.25, 0.3) is 0 Å². The first kappa shape index (κ1) is 18.5. The molecular formula is C21H20N2O4S. The molecule has 1 heterocycles. The molecule has 1 atom stereocenters. The number of rotatable bonds is 5. The number of amides is 1. The molecule has 3 aromatic carbocycles. The minimum Gasteiger partial charge on any atom is -0.447 e. The molecule has 1 N–H and O–H groups in total. The SMILES string of the molecule is CC(NS(=O)(=O)c1ccc(N2CCOC2=O)cc1)c1cccc2ccccc12. The molecule has 4 rings (SSSR count). The van der Waals surface area contributed by atoms with Crippen LogP contribution in [-0.2, 0) is 14.8 Å². The summed E-state index contributed by atoms with van der Waals surface area (Å²) in [5.41, 5.74) is 1.53. The van der Waals surface area contributed by atoms with Gasteiger partial charge in [0.05, 0.1) is 11.4 Å². The molecule has 0 radical (unpaired) electrons. The van der Waals surface area contributed by atoms with Crippen molar-refractivity contribution in [2.75, 3.05) is 18.1 Å². The molecular weight excluding hydrogens is 376 g/mol. The van der Waals surface area contributed by atoms with Gasteiger partial charge < -0.3 is 4.74 Å². The molecule has 144 valence electrons. The van der Waals surface area contributed by atoms with Crippen LogP contribution in [0, 0.1) is 0 Å². The maximum Gasteiger partial charge on any atom is 0.414 e. The fourth-order valence-electron chi connectivity index (χ4n) is 3.43. The van der Waals surface area contributed by atoms with Crippen LogP contribution in [0.2, 0.25) is 0 Å². The van der Waals surface area contributed by atoms with Crippen molar-refractivity contribution in [2.24, 2.45) is 0 Å². The summed E-state index contributed by atoms with van der Waals surface area (Å²) in [6.07, 6.45) is -0.418. The van der Waals surface area contributed by atoms with E-state index in [4.69, 9.17) is 4.74 Å². The highest BCUT2D eigenvalue weighted by molar-refractivity contribution is 7.89. The first-order chi connectivity index (χ1) is 13.5. The van der Waals surface area contributed by atoms with Gasteiger partial charge in [0, 0.05) is 11.7 Å². The Balaban J connectivity index is 1.57. The van der Waals surface area contributed by atoms with Crippen LogP contribution in [0.15, 0.2) is 71.6 Å². The predicted molar refractivity (Wildman–Crippen MR) is 108 cm³/mol. The van der Waals surface area contributed by atoms with Gasteiger partial charge in [0.2, 0.25) is 10.0 Å². The van der Waals surface area contributed by atoms with Crippen molar-refractivity contribution in [3.8, 4) is 0 Å². The Hall–Kier alpha value is -2.90. The van der Waals surface area contributed by atoms with Gasteiger partial charge in [0.1, 0.15) is 6.61 Å². The number of ether oxygens (including phenoxy) is 1. The molecule has 0 saturated carbocycles. The van der Waals surface area contributed by atoms with Crippen molar-refractivity contribution < 1.29 is 17.9 Å². The summed E-state index contributed by atoms with van der Waals surface area (Å²) in [7, 11) is -3.71. The van der Waals surface area contributed by atoms with Gasteiger partial charge >= 0.3 is 6.09 Å². The second-order valence-electron chi connectivity index (χ2n) is 6.67. The summed E-state index contributed by atoms with van der Waals surface area (Å²) < 4.78 is 33.3. The second-order valence-corrected chi connectivity index (χ2v) is 8.39. The van der Waals surface area contributed by atoms with Gasteiger partial charge in [0.15, 0.2) is 0 Å². The monoisotopic (exact) mass is 396 g/mol. The van der Waals surface area contributed by atoms with E-state index < -0.39 is 22.2 Å². The lowest BCUT2D eigenvalue weighted by atomic mass is 10.0. The lowest BCUT2D eigenvalue weighted by molar-refractivity contribution is 0.181. The topological polar surface area (TPSA) is 75.7 Å². The number of fused-ring (bicyclic) bond motifs is 1. The van der Waals surface area contributed by atoms with Crippen molar-refractivity contribution in [1.82, 2.24) is 4.72 Å². The third kappa shape index (κ3) is 3.46. The second kappa shape index (κ2) is 7.26. The molecule has 0 bridgehead atoms. The lowest BCUT2D eigenvalue weighted by Gasteiger charge is -2.17. The van der Waals surface area contributed by atoms with E-state index in [1.54, 1.807) is 12.1 Å². The van der Waals surface area contributed by atoms with Gasteiger partial charge in [-0.05, 0) is 47.5 Å². The maximum atomic E-state index is 12.8. The van der Waals surface area contributed by atoms with Gasteiger partial charge in [-0.2, -0.15) is 0 Å². The summed E-state index contributed by atoms with van der Waals surface area (Å²) >= 11 is 0. The minimum absolute atomic E-state index is 0.149. The van der Waals surface area contributed by atoms with Crippen molar-refractivity contribution in [1.29, 1.82) is 0 Å². The van der Waals surface area contributed by atoms with E-state index in [9.17, 15) is 13.2 Å². The highest BCUT2D eigenvalue weighted by Crippen LogP contribution is 2.26. The Morgan fingerprint density at radius 3 is 2.43 bits per heavy atom. The minimum atomic E-state index is -3.71. The van der Waals surface area contributed by atoms with E-state index in [0.29, 0.717) is 18.8 Å². The Morgan fingerprint density at radius 1 is 1.00 bits per heavy atom. The van der Waals surface area contributed by atoms with Gasteiger partial charge in [-0.15, -0.1) is 0 Å². The summed E-state index contributed by atoms with van der Waals surface area (Å²) in [4.78, 5) is 13.3. The average Bonchev–Trinajstić information content (AvgIpc) is 3.13. The van der Waals surface area contributed by atoms with E-state index in [1.165, 1.54) is 17.0 Å². The maximum absolute atomic E-state index is 12.8. The fourth-order valence-corrected chi connectivity index (χ4v) is 4.65. The molecule has 1 saturated heterocycles. The molecule has 6 nitrogen and oxygen atoms in total. The fraction of sp³-hybridized carbons (Fsp3) is 0.190. The zero-order valence-corrected chi connectivity index (χ0v) is 16.1. The largest absolute Gasteiger partial charge is 0.447 e. The third-order valence-electron chi connectivity index (χ3n) is 4.84. The van der Waals surface area contributed by atoms with Crippen LogP contribution in [0.25, 0.3) is 10.8 Å². The number of hydrogen-bond donors (Lipinski definition) is 1. The van der Waals surface area contributed by atoms with Crippen LogP contribution in [0.3, 0.4) is 0 Å². The third-order valence-corrected chi connectivity index (χ3v) is 6.40. The van der Waals surface area contributed by atoms with Crippen molar-refractivity contribution in [3.63, 3.8) is 0 Å². The molecule has 1 unspecified atom stereocenters. The normalized spacial score (nSPS) is 15.6. The number of nitrogens with zero attached hydrogens (tertiary/aromatic N) is 1. The lowest BCUT2D eigenvalue weighted by Crippen LogP contribution is -2.27. The van der Waals surface area contributed by atoms with Gasteiger partial charge in [-0.3, -0.25) is 4.90 Å². The molecule has 1 amide bonds. The van der Waals surface area contributed by atoms with E-state index in [2.05, 4.69) is 4.72 Å². The smallest absolute Gasteiger partial charge is 0.414 e. The Kier molecular flexibility index (Phi) is 4.78. The quantitative estimate of drug-likeness (QED) is 0.711. The summed E-state index contributed by atoms with van der Waals surface area (Å²) in [5.74, 6) is 0. The summed E-state index contributed by atoms with van der Waals surface area (Å²) in [6, 6.07) is 19.6. The van der Waals surface area contributed by atoms with Gasteiger partial charge in [-0.25, -0.2) is 17.9 Å². The van der Waals surface area contributed by atoms with Crippen LogP contribution in [0.4, 0.5) is 10.5 Å². The molecule has 1 fully saturated rings. The zero-order chi connectivity index (χ0) is 19.7. The molecule has 1 aliphatic rings. The first-order valence-corrected chi connectivity index (χ1v) is 10.5. The molecule has 1 aliphatic heterocycles. The van der Waals surface area contributed by atoms with Crippen molar-refractivity contribution in [2.45, 2.75) is 17.9 Å². The zero-order valence-electron chi connectivity index (χ0n) is 15.3.